The molecule has 1 aliphatic carbocycles. The minimum atomic E-state index is 0.0725. The average molecular weight is 215 g/mol. The van der Waals surface area contributed by atoms with Gasteiger partial charge in [-0.1, -0.05) is 30.3 Å². The third-order valence-corrected chi connectivity index (χ3v) is 4.13. The van der Waals surface area contributed by atoms with Crippen LogP contribution in [-0.4, -0.2) is 23.8 Å². The van der Waals surface area contributed by atoms with Crippen LogP contribution in [0.2, 0.25) is 0 Å². The Bertz CT molecular complexity index is 408. The van der Waals surface area contributed by atoms with Gasteiger partial charge in [0.15, 0.2) is 5.78 Å². The molecular weight excluding hydrogens is 198 g/mol. The molecule has 1 heterocycles. The van der Waals surface area contributed by atoms with E-state index in [0.717, 1.165) is 19.4 Å². The van der Waals surface area contributed by atoms with Gasteiger partial charge in [-0.15, -0.1) is 0 Å². The minimum Gasteiger partial charge on any atom is -0.298 e. The Morgan fingerprint density at radius 3 is 2.50 bits per heavy atom. The zero-order valence-corrected chi connectivity index (χ0v) is 9.65. The number of nitrogens with zero attached hydrogens (tertiary/aromatic N) is 1. The average Bonchev–Trinajstić information content (AvgIpc) is 3.01. The van der Waals surface area contributed by atoms with Gasteiger partial charge in [-0.2, -0.15) is 0 Å². The Kier molecular flexibility index (Phi) is 2.15. The lowest BCUT2D eigenvalue weighted by Gasteiger charge is -2.23. The summed E-state index contributed by atoms with van der Waals surface area (Å²) in [6.07, 6.45) is 2.23. The number of likely N-dealkylation sites (tertiary alicyclic amines) is 1. The maximum Gasteiger partial charge on any atom is 0.154 e. The van der Waals surface area contributed by atoms with Crippen molar-refractivity contribution < 1.29 is 4.79 Å². The Labute approximate surface area is 96.3 Å². The molecule has 1 saturated heterocycles. The molecule has 0 unspecified atom stereocenters. The number of carbonyl (C=O) groups excluding carboxylic acids is 1. The molecule has 0 radical (unpaired) electrons. The molecule has 16 heavy (non-hydrogen) atoms. The van der Waals surface area contributed by atoms with E-state index < -0.39 is 0 Å². The molecule has 1 aromatic carbocycles. The number of Topliss-reactive ketones (excluding diaryl/α,β-unsaturated/α-hetero) is 1. The van der Waals surface area contributed by atoms with Gasteiger partial charge in [0.1, 0.15) is 0 Å². The van der Waals surface area contributed by atoms with Crippen LogP contribution in [0.4, 0.5) is 0 Å². The largest absolute Gasteiger partial charge is 0.298 e. The van der Waals surface area contributed by atoms with Crippen molar-refractivity contribution in [2.24, 2.45) is 5.41 Å². The maximum atomic E-state index is 11.9. The highest BCUT2D eigenvalue weighted by atomic mass is 16.1. The lowest BCUT2D eigenvalue weighted by atomic mass is 10.1. The monoisotopic (exact) mass is 215 g/mol. The fourth-order valence-corrected chi connectivity index (χ4v) is 2.69. The molecule has 2 fully saturated rings. The third kappa shape index (κ3) is 1.49. The Balaban J connectivity index is 1.77. The first kappa shape index (κ1) is 10.0. The molecule has 0 bridgehead atoms. The van der Waals surface area contributed by atoms with Gasteiger partial charge in [0.2, 0.25) is 0 Å². The zero-order valence-electron chi connectivity index (χ0n) is 9.65. The second-order valence-electron chi connectivity index (χ2n) is 5.20. The second kappa shape index (κ2) is 3.42. The van der Waals surface area contributed by atoms with Crippen molar-refractivity contribution in [1.82, 2.24) is 4.90 Å². The SMILES string of the molecule is C[C@H](c1ccccc1)N1CC(=O)C2(CC2)C1. The number of carbonyl (C=O) groups is 1. The number of benzene rings is 1. The molecule has 2 heteroatoms. The van der Waals surface area contributed by atoms with E-state index in [4.69, 9.17) is 0 Å². The summed E-state index contributed by atoms with van der Waals surface area (Å²) in [5, 5.41) is 0. The van der Waals surface area contributed by atoms with E-state index in [1.54, 1.807) is 0 Å². The molecule has 0 N–H and O–H groups in total. The number of hydrogen-bond acceptors (Lipinski definition) is 2. The molecule has 1 aliphatic heterocycles. The highest BCUT2D eigenvalue weighted by Crippen LogP contribution is 2.51. The standard InChI is InChI=1S/C14H17NO/c1-11(12-5-3-2-4-6-12)15-9-13(16)14(10-15)7-8-14/h2-6,11H,7-10H2,1H3/t11-/m1/s1. The van der Waals surface area contributed by atoms with Gasteiger partial charge in [0.05, 0.1) is 6.54 Å². The van der Waals surface area contributed by atoms with Gasteiger partial charge >= 0.3 is 0 Å². The minimum absolute atomic E-state index is 0.0725. The van der Waals surface area contributed by atoms with Gasteiger partial charge in [0.25, 0.3) is 0 Å². The van der Waals surface area contributed by atoms with E-state index in [9.17, 15) is 4.79 Å². The van der Waals surface area contributed by atoms with Gasteiger partial charge in [-0.05, 0) is 25.3 Å². The first-order chi connectivity index (χ1) is 7.71. The summed E-state index contributed by atoms with van der Waals surface area (Å²) in [6, 6.07) is 10.8. The molecule has 2 aliphatic rings. The van der Waals surface area contributed by atoms with E-state index in [1.165, 1.54) is 5.56 Å². The fraction of sp³-hybridized carbons (Fsp3) is 0.500. The van der Waals surface area contributed by atoms with Gasteiger partial charge < -0.3 is 0 Å². The molecule has 0 aromatic heterocycles. The van der Waals surface area contributed by atoms with Crippen molar-refractivity contribution in [3.05, 3.63) is 35.9 Å². The first-order valence-corrected chi connectivity index (χ1v) is 6.04. The Hall–Kier alpha value is -1.15. The predicted octanol–water partition coefficient (Wildman–Crippen LogP) is 2.41. The summed E-state index contributed by atoms with van der Waals surface area (Å²) in [4.78, 5) is 14.2. The summed E-state index contributed by atoms with van der Waals surface area (Å²) >= 11 is 0. The molecule has 1 atom stereocenters. The summed E-state index contributed by atoms with van der Waals surface area (Å²) < 4.78 is 0. The van der Waals surface area contributed by atoms with Crippen LogP contribution in [0.1, 0.15) is 31.4 Å². The molecule has 3 rings (SSSR count). The van der Waals surface area contributed by atoms with E-state index in [2.05, 4.69) is 36.1 Å². The number of rotatable bonds is 2. The first-order valence-electron chi connectivity index (χ1n) is 6.04. The maximum absolute atomic E-state index is 11.9. The van der Waals surface area contributed by atoms with Crippen LogP contribution < -0.4 is 0 Å². The van der Waals surface area contributed by atoms with E-state index in [-0.39, 0.29) is 5.41 Å². The normalized spacial score (nSPS) is 24.9. The second-order valence-corrected chi connectivity index (χ2v) is 5.20. The summed E-state index contributed by atoms with van der Waals surface area (Å²) in [7, 11) is 0. The Morgan fingerprint density at radius 2 is 1.94 bits per heavy atom. The quantitative estimate of drug-likeness (QED) is 0.755. The predicted molar refractivity (Wildman–Crippen MR) is 63.1 cm³/mol. The Morgan fingerprint density at radius 1 is 1.25 bits per heavy atom. The van der Waals surface area contributed by atoms with Crippen LogP contribution in [0.3, 0.4) is 0 Å². The van der Waals surface area contributed by atoms with Gasteiger partial charge in [0, 0.05) is 18.0 Å². The van der Waals surface area contributed by atoms with Crippen molar-refractivity contribution in [2.45, 2.75) is 25.8 Å². The van der Waals surface area contributed by atoms with E-state index in [0.29, 0.717) is 18.4 Å². The molecule has 2 nitrogen and oxygen atoms in total. The summed E-state index contributed by atoms with van der Waals surface area (Å²) in [6.45, 7) is 3.82. The van der Waals surface area contributed by atoms with Crippen LogP contribution >= 0.6 is 0 Å². The molecule has 84 valence electrons. The van der Waals surface area contributed by atoms with Crippen LogP contribution in [0.25, 0.3) is 0 Å². The highest BCUT2D eigenvalue weighted by Gasteiger charge is 2.55. The summed E-state index contributed by atoms with van der Waals surface area (Å²) in [5.74, 6) is 0.468. The third-order valence-electron chi connectivity index (χ3n) is 4.13. The van der Waals surface area contributed by atoms with Crippen molar-refractivity contribution in [3.63, 3.8) is 0 Å². The van der Waals surface area contributed by atoms with Gasteiger partial charge in [-0.25, -0.2) is 0 Å². The number of hydrogen-bond donors (Lipinski definition) is 0. The molecule has 1 aromatic rings. The molecular formula is C14H17NO. The van der Waals surface area contributed by atoms with Crippen LogP contribution in [0.15, 0.2) is 30.3 Å². The van der Waals surface area contributed by atoms with Gasteiger partial charge in [-0.3, -0.25) is 9.69 Å². The van der Waals surface area contributed by atoms with Crippen LogP contribution in [0, 0.1) is 5.41 Å². The van der Waals surface area contributed by atoms with Crippen molar-refractivity contribution >= 4 is 5.78 Å². The lowest BCUT2D eigenvalue weighted by Crippen LogP contribution is -2.25. The van der Waals surface area contributed by atoms with Crippen molar-refractivity contribution in [3.8, 4) is 0 Å². The lowest BCUT2D eigenvalue weighted by molar-refractivity contribution is -0.120. The topological polar surface area (TPSA) is 20.3 Å². The van der Waals surface area contributed by atoms with Crippen molar-refractivity contribution in [1.29, 1.82) is 0 Å². The fourth-order valence-electron chi connectivity index (χ4n) is 2.69. The van der Waals surface area contributed by atoms with E-state index >= 15 is 0 Å². The van der Waals surface area contributed by atoms with E-state index in [1.807, 2.05) is 6.07 Å². The smallest absolute Gasteiger partial charge is 0.154 e. The molecule has 1 saturated carbocycles. The van der Waals surface area contributed by atoms with Crippen molar-refractivity contribution in [2.75, 3.05) is 13.1 Å². The zero-order chi connectivity index (χ0) is 11.2. The molecule has 1 spiro atoms. The van der Waals surface area contributed by atoms with Crippen LogP contribution in [-0.2, 0) is 4.79 Å². The summed E-state index contributed by atoms with van der Waals surface area (Å²) in [5.41, 5.74) is 1.39. The molecule has 0 amide bonds. The van der Waals surface area contributed by atoms with Crippen LogP contribution in [0.5, 0.6) is 0 Å². The number of ketones is 1. The highest BCUT2D eigenvalue weighted by molar-refractivity contribution is 5.91.